The van der Waals surface area contributed by atoms with Crippen LogP contribution in [0.1, 0.15) is 93.5 Å². The highest BCUT2D eigenvalue weighted by Crippen LogP contribution is 2.40. The summed E-state index contributed by atoms with van der Waals surface area (Å²) in [6, 6.07) is 11.7. The number of phenolic OH excluding ortho intramolecular Hbond substituents is 1. The lowest BCUT2D eigenvalue weighted by molar-refractivity contribution is 0.0979. The lowest BCUT2D eigenvalue weighted by Crippen LogP contribution is -2.23. The third kappa shape index (κ3) is 5.95. The summed E-state index contributed by atoms with van der Waals surface area (Å²) in [7, 11) is 0. The normalized spacial score (nSPS) is 12.8. The number of nitrogens with zero attached hydrogens (tertiary/aromatic N) is 1. The summed E-state index contributed by atoms with van der Waals surface area (Å²) in [4.78, 5) is 12.2. The van der Waals surface area contributed by atoms with Gasteiger partial charge in [-0.15, -0.1) is 0 Å². The SMILES string of the molecule is CC(=O)c1onc(-c2cc(C(C)C)ccc2O)c1-c1ccc2c(c1)CCNC2.CCCCCC. The molecule has 0 spiro atoms. The number of aromatic nitrogens is 1. The van der Waals surface area contributed by atoms with Crippen LogP contribution in [0.25, 0.3) is 22.4 Å². The van der Waals surface area contributed by atoms with Gasteiger partial charge in [0, 0.05) is 19.0 Å². The molecule has 2 aromatic carbocycles. The first-order valence-corrected chi connectivity index (χ1v) is 12.5. The van der Waals surface area contributed by atoms with Crippen LogP contribution in [0.4, 0.5) is 0 Å². The molecule has 0 amide bonds. The molecular formula is C29H38N2O3. The van der Waals surface area contributed by atoms with Crippen LogP contribution in [0, 0.1) is 0 Å². The molecule has 0 radical (unpaired) electrons. The largest absolute Gasteiger partial charge is 0.507 e. The van der Waals surface area contributed by atoms with Gasteiger partial charge in [-0.1, -0.05) is 82.8 Å². The van der Waals surface area contributed by atoms with Gasteiger partial charge in [-0.05, 0) is 53.3 Å². The molecule has 1 aromatic heterocycles. The zero-order valence-corrected chi connectivity index (χ0v) is 21.2. The van der Waals surface area contributed by atoms with Crippen molar-refractivity contribution in [1.29, 1.82) is 0 Å². The molecule has 0 saturated carbocycles. The molecule has 0 saturated heterocycles. The molecule has 2 heterocycles. The van der Waals surface area contributed by atoms with Crippen molar-refractivity contribution in [1.82, 2.24) is 10.5 Å². The highest BCUT2D eigenvalue weighted by atomic mass is 16.5. The van der Waals surface area contributed by atoms with E-state index in [-0.39, 0.29) is 17.3 Å². The fourth-order valence-electron chi connectivity index (χ4n) is 4.22. The van der Waals surface area contributed by atoms with Gasteiger partial charge in [0.1, 0.15) is 11.4 Å². The minimum Gasteiger partial charge on any atom is -0.507 e. The smallest absolute Gasteiger partial charge is 0.210 e. The van der Waals surface area contributed by atoms with Crippen LogP contribution in [-0.4, -0.2) is 22.6 Å². The van der Waals surface area contributed by atoms with E-state index in [4.69, 9.17) is 4.52 Å². The van der Waals surface area contributed by atoms with E-state index >= 15 is 0 Å². The minimum absolute atomic E-state index is 0.121. The van der Waals surface area contributed by atoms with Crippen LogP contribution in [-0.2, 0) is 13.0 Å². The fourth-order valence-corrected chi connectivity index (χ4v) is 4.22. The maximum atomic E-state index is 12.2. The summed E-state index contributed by atoms with van der Waals surface area (Å²) < 4.78 is 5.44. The van der Waals surface area contributed by atoms with E-state index < -0.39 is 0 Å². The molecule has 3 aromatic rings. The van der Waals surface area contributed by atoms with Crippen molar-refractivity contribution in [3.05, 3.63) is 58.8 Å². The van der Waals surface area contributed by atoms with Gasteiger partial charge in [0.2, 0.25) is 5.76 Å². The second-order valence-corrected chi connectivity index (χ2v) is 9.34. The number of Topliss-reactive ketones (excluding diaryl/α,β-unsaturated/α-hetero) is 1. The number of ketones is 1. The van der Waals surface area contributed by atoms with E-state index in [1.165, 1.54) is 43.7 Å². The summed E-state index contributed by atoms with van der Waals surface area (Å²) in [5, 5.41) is 18.1. The Morgan fingerprint density at radius 3 is 2.47 bits per heavy atom. The quantitative estimate of drug-likeness (QED) is 0.285. The van der Waals surface area contributed by atoms with Gasteiger partial charge in [0.05, 0.1) is 5.56 Å². The van der Waals surface area contributed by atoms with Crippen molar-refractivity contribution < 1.29 is 14.4 Å². The topological polar surface area (TPSA) is 75.4 Å². The van der Waals surface area contributed by atoms with Crippen LogP contribution in [0.2, 0.25) is 0 Å². The summed E-state index contributed by atoms with van der Waals surface area (Å²) in [6.45, 7) is 11.9. The van der Waals surface area contributed by atoms with Crippen molar-refractivity contribution in [2.75, 3.05) is 6.54 Å². The standard InChI is InChI=1S/C23H24N2O3.C6H14/c1-13(2)15-6-7-20(27)19(11-15)22-21(23(14(3)26)28-25-22)17-4-5-18-12-24-9-8-16(18)10-17;1-3-5-6-4-2/h4-7,10-11,13,24,27H,8-9,12H2,1-3H3;3-6H2,1-2H3. The number of fused-ring (bicyclic) bond motifs is 1. The predicted octanol–water partition coefficient (Wildman–Crippen LogP) is 7.27. The molecule has 0 fully saturated rings. The number of hydrogen-bond acceptors (Lipinski definition) is 5. The van der Waals surface area contributed by atoms with Gasteiger partial charge < -0.3 is 14.9 Å². The van der Waals surface area contributed by atoms with Crippen LogP contribution < -0.4 is 5.32 Å². The maximum absolute atomic E-state index is 12.2. The molecule has 34 heavy (non-hydrogen) atoms. The molecule has 2 N–H and O–H groups in total. The zero-order valence-electron chi connectivity index (χ0n) is 21.2. The Labute approximate surface area is 203 Å². The summed E-state index contributed by atoms with van der Waals surface area (Å²) in [6.07, 6.45) is 6.47. The van der Waals surface area contributed by atoms with Crippen LogP contribution in [0.3, 0.4) is 0 Å². The molecule has 182 valence electrons. The first-order valence-electron chi connectivity index (χ1n) is 12.5. The monoisotopic (exact) mass is 462 g/mol. The predicted molar refractivity (Wildman–Crippen MR) is 138 cm³/mol. The zero-order chi connectivity index (χ0) is 24.7. The van der Waals surface area contributed by atoms with Crippen LogP contribution in [0.5, 0.6) is 5.75 Å². The van der Waals surface area contributed by atoms with E-state index in [2.05, 4.69) is 50.3 Å². The lowest BCUT2D eigenvalue weighted by Gasteiger charge is -2.18. The second-order valence-electron chi connectivity index (χ2n) is 9.34. The number of hydrogen-bond donors (Lipinski definition) is 2. The third-order valence-electron chi connectivity index (χ3n) is 6.29. The number of nitrogens with one attached hydrogen (secondary N) is 1. The highest BCUT2D eigenvalue weighted by molar-refractivity contribution is 6.02. The molecule has 4 rings (SSSR count). The first kappa shape index (κ1) is 25.7. The van der Waals surface area contributed by atoms with Gasteiger partial charge in [0.15, 0.2) is 5.78 Å². The first-order chi connectivity index (χ1) is 16.4. The molecule has 1 aliphatic rings. The van der Waals surface area contributed by atoms with Crippen molar-refractivity contribution in [2.45, 2.75) is 79.2 Å². The highest BCUT2D eigenvalue weighted by Gasteiger charge is 2.25. The average Bonchev–Trinajstić information content (AvgIpc) is 3.28. The molecule has 1 aliphatic heterocycles. The molecular weight excluding hydrogens is 424 g/mol. The maximum Gasteiger partial charge on any atom is 0.210 e. The van der Waals surface area contributed by atoms with Gasteiger partial charge in [-0.2, -0.15) is 0 Å². The second kappa shape index (κ2) is 12.0. The van der Waals surface area contributed by atoms with Crippen LogP contribution in [0.15, 0.2) is 40.9 Å². The van der Waals surface area contributed by atoms with Crippen molar-refractivity contribution in [2.24, 2.45) is 0 Å². The van der Waals surface area contributed by atoms with E-state index in [0.29, 0.717) is 22.7 Å². The summed E-state index contributed by atoms with van der Waals surface area (Å²) in [5.41, 5.74) is 6.22. The number of rotatable bonds is 7. The number of unbranched alkanes of at least 4 members (excludes halogenated alkanes) is 3. The number of carbonyl (C=O) groups excluding carboxylic acids is 1. The number of phenols is 1. The number of aromatic hydroxyl groups is 1. The Hall–Kier alpha value is -2.92. The number of carbonyl (C=O) groups is 1. The van der Waals surface area contributed by atoms with Crippen LogP contribution >= 0.6 is 0 Å². The van der Waals surface area contributed by atoms with E-state index in [9.17, 15) is 9.90 Å². The Bertz CT molecular complexity index is 1110. The summed E-state index contributed by atoms with van der Waals surface area (Å²) in [5.74, 6) is 0.459. The van der Waals surface area contributed by atoms with Crippen molar-refractivity contribution >= 4 is 5.78 Å². The molecule has 0 atom stereocenters. The van der Waals surface area contributed by atoms with Gasteiger partial charge in [-0.3, -0.25) is 4.79 Å². The molecule has 0 aliphatic carbocycles. The molecule has 5 heteroatoms. The average molecular weight is 463 g/mol. The fraction of sp³-hybridized carbons (Fsp3) is 0.448. The number of benzene rings is 2. The van der Waals surface area contributed by atoms with Gasteiger partial charge >= 0.3 is 0 Å². The Kier molecular flexibility index (Phi) is 9.05. The lowest BCUT2D eigenvalue weighted by atomic mass is 9.91. The summed E-state index contributed by atoms with van der Waals surface area (Å²) >= 11 is 0. The minimum atomic E-state index is -0.187. The Morgan fingerprint density at radius 1 is 1.09 bits per heavy atom. The third-order valence-corrected chi connectivity index (χ3v) is 6.29. The van der Waals surface area contributed by atoms with E-state index in [1.54, 1.807) is 6.07 Å². The van der Waals surface area contributed by atoms with E-state index in [1.807, 2.05) is 18.2 Å². The van der Waals surface area contributed by atoms with Gasteiger partial charge in [-0.25, -0.2) is 0 Å². The van der Waals surface area contributed by atoms with Crippen molar-refractivity contribution in [3.63, 3.8) is 0 Å². The van der Waals surface area contributed by atoms with E-state index in [0.717, 1.165) is 30.6 Å². The molecule has 0 unspecified atom stereocenters. The van der Waals surface area contributed by atoms with Gasteiger partial charge in [0.25, 0.3) is 0 Å². The molecule has 5 nitrogen and oxygen atoms in total. The molecule has 0 bridgehead atoms. The van der Waals surface area contributed by atoms with Crippen molar-refractivity contribution in [3.8, 4) is 28.1 Å². The Balaban J connectivity index is 0.000000481. The Morgan fingerprint density at radius 2 is 1.82 bits per heavy atom.